The summed E-state index contributed by atoms with van der Waals surface area (Å²) in [4.78, 5) is 72.8. The lowest BCUT2D eigenvalue weighted by Crippen LogP contribution is -2.56. The molecule has 4 rings (SSSR count). The van der Waals surface area contributed by atoms with Gasteiger partial charge in [-0.3, -0.25) is 24.0 Å². The molecule has 1 aromatic rings. The summed E-state index contributed by atoms with van der Waals surface area (Å²) in [6.45, 7) is 5.28. The van der Waals surface area contributed by atoms with Crippen LogP contribution in [-0.2, 0) is 28.8 Å². The van der Waals surface area contributed by atoms with Crippen molar-refractivity contribution in [1.29, 1.82) is 0 Å². The zero-order valence-corrected chi connectivity index (χ0v) is 26.4. The molecule has 2 heterocycles. The molecule has 1 aromatic carbocycles. The highest BCUT2D eigenvalue weighted by molar-refractivity contribution is 7.99. The van der Waals surface area contributed by atoms with E-state index in [2.05, 4.69) is 21.1 Å². The zero-order valence-electron chi connectivity index (χ0n) is 24.8. The van der Waals surface area contributed by atoms with Crippen molar-refractivity contribution in [2.45, 2.75) is 95.5 Å². The summed E-state index contributed by atoms with van der Waals surface area (Å²) >= 11 is 7.84. The minimum absolute atomic E-state index is 0.00187. The smallest absolute Gasteiger partial charge is 0.289 e. The molecule has 2 fully saturated rings. The van der Waals surface area contributed by atoms with Gasteiger partial charge in [0.15, 0.2) is 5.60 Å². The van der Waals surface area contributed by atoms with E-state index in [1.54, 1.807) is 23.9 Å². The average Bonchev–Trinajstić information content (AvgIpc) is 3.56. The summed E-state index contributed by atoms with van der Waals surface area (Å²) in [6, 6.07) is 4.33. The Balaban J connectivity index is 1.57. The number of Topliss-reactive ketones (excluding diaryl/α,β-unsaturated/α-hetero) is 1. The minimum Gasteiger partial charge on any atom is -0.387 e. The van der Waals surface area contributed by atoms with E-state index < -0.39 is 47.2 Å². The van der Waals surface area contributed by atoms with E-state index in [9.17, 15) is 24.0 Å². The Morgan fingerprint density at radius 3 is 2.56 bits per heavy atom. The molecule has 1 saturated heterocycles. The molecule has 0 radical (unpaired) electrons. The van der Waals surface area contributed by atoms with Crippen LogP contribution in [-0.4, -0.2) is 87.8 Å². The molecule has 1 spiro atoms. The molecule has 2 aliphatic heterocycles. The topological polar surface area (TPSA) is 146 Å². The third kappa shape index (κ3) is 8.50. The minimum atomic E-state index is -1.03. The number of thioether (sulfide) groups is 1. The Kier molecular flexibility index (Phi) is 11.1. The van der Waals surface area contributed by atoms with Crippen LogP contribution in [0.3, 0.4) is 0 Å². The maximum Gasteiger partial charge on any atom is 0.289 e. The number of hydrogen-bond acceptors (Lipinski definition) is 8. The fourth-order valence-corrected chi connectivity index (χ4v) is 6.35. The second-order valence-electron chi connectivity index (χ2n) is 11.4. The monoisotopic (exact) mass is 633 g/mol. The predicted molar refractivity (Wildman–Crippen MR) is 165 cm³/mol. The third-order valence-corrected chi connectivity index (χ3v) is 8.93. The van der Waals surface area contributed by atoms with Crippen LogP contribution in [0.4, 0.5) is 0 Å². The summed E-state index contributed by atoms with van der Waals surface area (Å²) in [5, 5.41) is 13.1. The number of carbonyl (C=O) groups is 5. The number of nitrogens with one attached hydrogen (secondary N) is 3. The maximum atomic E-state index is 14.0. The normalized spacial score (nSPS) is 22.4. The van der Waals surface area contributed by atoms with Gasteiger partial charge in [0, 0.05) is 36.4 Å². The Bertz CT molecular complexity index is 1270. The van der Waals surface area contributed by atoms with E-state index >= 15 is 0 Å². The van der Waals surface area contributed by atoms with E-state index in [1.807, 2.05) is 26.0 Å². The summed E-state index contributed by atoms with van der Waals surface area (Å²) < 4.78 is 0. The summed E-state index contributed by atoms with van der Waals surface area (Å²) in [6.07, 6.45) is 3.33. The molecule has 4 atom stereocenters. The molecule has 234 valence electrons. The van der Waals surface area contributed by atoms with Gasteiger partial charge in [0.2, 0.25) is 23.5 Å². The van der Waals surface area contributed by atoms with E-state index in [4.69, 9.17) is 16.4 Å². The number of benzene rings is 1. The molecule has 43 heavy (non-hydrogen) atoms. The van der Waals surface area contributed by atoms with Crippen LogP contribution in [0, 0.1) is 0 Å². The van der Waals surface area contributed by atoms with Gasteiger partial charge in [-0.25, -0.2) is 0 Å². The number of nitrogens with zero attached hydrogens (tertiary/aromatic N) is 2. The van der Waals surface area contributed by atoms with E-state index in [1.165, 1.54) is 11.8 Å². The van der Waals surface area contributed by atoms with Crippen molar-refractivity contribution >= 4 is 58.5 Å². The van der Waals surface area contributed by atoms with Crippen LogP contribution >= 0.6 is 23.4 Å². The van der Waals surface area contributed by atoms with Gasteiger partial charge in [-0.1, -0.05) is 49.2 Å². The molecular weight excluding hydrogens is 594 g/mol. The first kappa shape index (κ1) is 32.8. The molecule has 1 aliphatic carbocycles. The van der Waals surface area contributed by atoms with Gasteiger partial charge in [0.05, 0.1) is 18.3 Å². The number of carbonyl (C=O) groups excluding carboxylic acids is 5. The standard InChI is InChI=1S/C30H40ClN5O6S/c1-4-7-22(26(38)28(40)33-21-10-11-21)34-27(39)25-16-30(15-24(35-42-30)19-8-6-9-20(31)14-19)17-36(25)29(41)23(32-18(3)37)12-13-43-5-2/h6,8-9,14,21-23,25H,4-5,7,10-13,15-17H2,1-3H3,(H,32,37)(H,33,40)(H,34,39)/t22-,23-,25-,30?/m0/s1. The second kappa shape index (κ2) is 14.6. The molecule has 3 N–H and O–H groups in total. The summed E-state index contributed by atoms with van der Waals surface area (Å²) in [5.74, 6) is -1.23. The predicted octanol–water partition coefficient (Wildman–Crippen LogP) is 2.58. The Labute approximate surface area is 261 Å². The van der Waals surface area contributed by atoms with Crippen molar-refractivity contribution in [2.75, 3.05) is 18.1 Å². The highest BCUT2D eigenvalue weighted by Gasteiger charge is 2.54. The van der Waals surface area contributed by atoms with Gasteiger partial charge >= 0.3 is 0 Å². The van der Waals surface area contributed by atoms with Gasteiger partial charge < -0.3 is 25.7 Å². The van der Waals surface area contributed by atoms with Crippen LogP contribution < -0.4 is 16.0 Å². The number of hydrogen-bond donors (Lipinski definition) is 3. The SMILES string of the molecule is CCC[C@H](NC(=O)[C@@H]1CC2(CC(c3cccc(Cl)c3)=NO2)CN1C(=O)[C@H](CCSCC)NC(C)=O)C(=O)C(=O)NC1CC1. The number of halogens is 1. The van der Waals surface area contributed by atoms with Gasteiger partial charge in [0.1, 0.15) is 12.1 Å². The molecule has 4 amide bonds. The number of rotatable bonds is 14. The van der Waals surface area contributed by atoms with Crippen LogP contribution in [0.5, 0.6) is 0 Å². The lowest BCUT2D eigenvalue weighted by molar-refractivity contribution is -0.143. The first-order valence-corrected chi connectivity index (χ1v) is 16.4. The molecule has 0 aromatic heterocycles. The molecule has 13 heteroatoms. The first-order valence-electron chi connectivity index (χ1n) is 14.9. The number of ketones is 1. The fraction of sp³-hybridized carbons (Fsp3) is 0.600. The van der Waals surface area contributed by atoms with Crippen molar-refractivity contribution < 1.29 is 28.8 Å². The Morgan fingerprint density at radius 1 is 1.14 bits per heavy atom. The van der Waals surface area contributed by atoms with Crippen molar-refractivity contribution in [3.8, 4) is 0 Å². The molecule has 0 bridgehead atoms. The van der Waals surface area contributed by atoms with Crippen molar-refractivity contribution in [2.24, 2.45) is 5.16 Å². The van der Waals surface area contributed by atoms with Gasteiger partial charge in [0.25, 0.3) is 5.91 Å². The van der Waals surface area contributed by atoms with Crippen LogP contribution in [0.2, 0.25) is 5.02 Å². The Morgan fingerprint density at radius 2 is 1.91 bits per heavy atom. The van der Waals surface area contributed by atoms with Gasteiger partial charge in [-0.15, -0.1) is 0 Å². The summed E-state index contributed by atoms with van der Waals surface area (Å²) in [7, 11) is 0. The van der Waals surface area contributed by atoms with E-state index in [0.717, 1.165) is 24.2 Å². The highest BCUT2D eigenvalue weighted by atomic mass is 35.5. The largest absolute Gasteiger partial charge is 0.387 e. The molecule has 3 aliphatic rings. The zero-order chi connectivity index (χ0) is 31.1. The highest BCUT2D eigenvalue weighted by Crippen LogP contribution is 2.39. The van der Waals surface area contributed by atoms with Crippen molar-refractivity contribution in [3.05, 3.63) is 34.9 Å². The average molecular weight is 634 g/mol. The summed E-state index contributed by atoms with van der Waals surface area (Å²) in [5.41, 5.74) is 0.435. The maximum absolute atomic E-state index is 14.0. The Hall–Kier alpha value is -3.12. The van der Waals surface area contributed by atoms with Crippen LogP contribution in [0.1, 0.15) is 71.3 Å². The van der Waals surface area contributed by atoms with Crippen molar-refractivity contribution in [3.63, 3.8) is 0 Å². The molecule has 1 unspecified atom stereocenters. The number of oxime groups is 1. The fourth-order valence-electron chi connectivity index (χ4n) is 5.47. The molecular formula is C30H40ClN5O6S. The number of likely N-dealkylation sites (tertiary alicyclic amines) is 1. The van der Waals surface area contributed by atoms with Gasteiger partial charge in [-0.2, -0.15) is 11.8 Å². The van der Waals surface area contributed by atoms with Gasteiger partial charge in [-0.05, 0) is 49.3 Å². The molecule has 1 saturated carbocycles. The number of amides is 4. The quantitative estimate of drug-likeness (QED) is 0.211. The van der Waals surface area contributed by atoms with Crippen LogP contribution in [0.15, 0.2) is 29.4 Å². The second-order valence-corrected chi connectivity index (χ2v) is 13.2. The lowest BCUT2D eigenvalue weighted by Gasteiger charge is -2.29. The van der Waals surface area contributed by atoms with E-state index in [0.29, 0.717) is 35.7 Å². The van der Waals surface area contributed by atoms with Crippen molar-refractivity contribution in [1.82, 2.24) is 20.9 Å². The van der Waals surface area contributed by atoms with E-state index in [-0.39, 0.29) is 31.3 Å². The molecule has 11 nitrogen and oxygen atoms in total. The lowest BCUT2D eigenvalue weighted by atomic mass is 9.91. The first-order chi connectivity index (χ1) is 20.6. The third-order valence-electron chi connectivity index (χ3n) is 7.76. The van der Waals surface area contributed by atoms with Crippen LogP contribution in [0.25, 0.3) is 0 Å².